The van der Waals surface area contributed by atoms with Crippen LogP contribution in [0.2, 0.25) is 0 Å². The molecule has 0 bridgehead atoms. The normalized spacial score (nSPS) is 17.4. The molecule has 3 rings (SSSR count). The van der Waals surface area contributed by atoms with E-state index in [-0.39, 0.29) is 22.3 Å². The predicted molar refractivity (Wildman–Crippen MR) is 125 cm³/mol. The Bertz CT molecular complexity index is 1210. The first-order valence-corrected chi connectivity index (χ1v) is 12.8. The fraction of sp³-hybridized carbons (Fsp3) is 0.550. The molecule has 1 fully saturated rings. The Balaban J connectivity index is 1.86. The number of sulfonamides is 1. The fourth-order valence-electron chi connectivity index (χ4n) is 3.86. The summed E-state index contributed by atoms with van der Waals surface area (Å²) in [5, 5.41) is 0. The molecule has 0 aromatic carbocycles. The van der Waals surface area contributed by atoms with E-state index in [1.165, 1.54) is 27.3 Å². The number of carbonyl (C=O) groups excluding carboxylic acids is 1. The molecule has 3 N–H and O–H groups in total. The average Bonchev–Trinajstić information content (AvgIpc) is 3.20. The van der Waals surface area contributed by atoms with Gasteiger partial charge in [-0.15, -0.1) is 11.3 Å². The predicted octanol–water partition coefficient (Wildman–Crippen LogP) is 1.35. The maximum absolute atomic E-state index is 13.2. The van der Waals surface area contributed by atoms with Crippen molar-refractivity contribution in [3.05, 3.63) is 37.8 Å². The van der Waals surface area contributed by atoms with Crippen LogP contribution in [0.15, 0.2) is 25.9 Å². The first kappa shape index (κ1) is 24.2. The van der Waals surface area contributed by atoms with E-state index in [9.17, 15) is 22.8 Å². The number of H-pyrrole nitrogens is 1. The highest BCUT2D eigenvalue weighted by Crippen LogP contribution is 2.29. The molecule has 176 valence electrons. The van der Waals surface area contributed by atoms with E-state index in [0.29, 0.717) is 32.4 Å². The quantitative estimate of drug-likeness (QED) is 0.610. The third-order valence-corrected chi connectivity index (χ3v) is 8.99. The smallest absolute Gasteiger partial charge is 0.330 e. The van der Waals surface area contributed by atoms with Crippen molar-refractivity contribution in [2.75, 3.05) is 30.8 Å². The number of nitrogen functional groups attached to an aromatic ring is 1. The SMILES string of the molecule is CCCCn1c(N)c(N(C)C(=O)C2CCCN(S(=O)(=O)c3ccc(C)s3)C2)c(=O)[nH]c1=O. The molecule has 3 heterocycles. The van der Waals surface area contributed by atoms with Gasteiger partial charge in [-0.2, -0.15) is 4.31 Å². The lowest BCUT2D eigenvalue weighted by Gasteiger charge is -2.33. The summed E-state index contributed by atoms with van der Waals surface area (Å²) in [5.41, 5.74) is 4.65. The zero-order valence-electron chi connectivity index (χ0n) is 18.5. The number of rotatable bonds is 7. The second-order valence-corrected chi connectivity index (χ2v) is 11.4. The third-order valence-electron chi connectivity index (χ3n) is 5.66. The van der Waals surface area contributed by atoms with E-state index in [2.05, 4.69) is 4.98 Å². The molecule has 1 atom stereocenters. The van der Waals surface area contributed by atoms with Crippen molar-refractivity contribution in [2.24, 2.45) is 5.92 Å². The van der Waals surface area contributed by atoms with E-state index in [1.807, 2.05) is 13.8 Å². The molecular weight excluding hydrogens is 454 g/mol. The highest BCUT2D eigenvalue weighted by Gasteiger charge is 2.36. The summed E-state index contributed by atoms with van der Waals surface area (Å²) in [6.07, 6.45) is 2.53. The number of aromatic amines is 1. The van der Waals surface area contributed by atoms with E-state index >= 15 is 0 Å². The summed E-state index contributed by atoms with van der Waals surface area (Å²) < 4.78 is 28.8. The van der Waals surface area contributed by atoms with Crippen LogP contribution in [0.1, 0.15) is 37.5 Å². The zero-order chi connectivity index (χ0) is 23.6. The minimum Gasteiger partial charge on any atom is -0.383 e. The van der Waals surface area contributed by atoms with Crippen molar-refractivity contribution in [2.45, 2.75) is 50.3 Å². The standard InChI is InChI=1S/C20H29N5O5S2/c1-4-5-11-25-17(21)16(18(26)22-20(25)28)23(3)19(27)14-7-6-10-24(12-14)32(29,30)15-9-8-13(2)31-15/h8-9,14H,4-7,10-12,21H2,1-3H3,(H,22,26,28). The molecule has 0 radical (unpaired) electrons. The van der Waals surface area contributed by atoms with Crippen molar-refractivity contribution < 1.29 is 13.2 Å². The van der Waals surface area contributed by atoms with Gasteiger partial charge in [0.05, 0.1) is 5.92 Å². The monoisotopic (exact) mass is 483 g/mol. The van der Waals surface area contributed by atoms with Crippen LogP contribution in [-0.2, 0) is 21.4 Å². The van der Waals surface area contributed by atoms with Crippen LogP contribution in [0.4, 0.5) is 11.5 Å². The maximum Gasteiger partial charge on any atom is 0.330 e. The zero-order valence-corrected chi connectivity index (χ0v) is 20.1. The molecule has 10 nitrogen and oxygen atoms in total. The van der Waals surface area contributed by atoms with Crippen LogP contribution in [0.5, 0.6) is 0 Å². The van der Waals surface area contributed by atoms with Crippen LogP contribution in [0, 0.1) is 12.8 Å². The Hall–Kier alpha value is -2.44. The Kier molecular flexibility index (Phi) is 7.25. The van der Waals surface area contributed by atoms with Crippen LogP contribution in [-0.4, -0.2) is 48.3 Å². The number of hydrogen-bond donors (Lipinski definition) is 2. The lowest BCUT2D eigenvalue weighted by atomic mass is 9.98. The van der Waals surface area contributed by atoms with Crippen molar-refractivity contribution in [3.63, 3.8) is 0 Å². The highest BCUT2D eigenvalue weighted by molar-refractivity contribution is 7.91. The van der Waals surface area contributed by atoms with Crippen molar-refractivity contribution in [1.29, 1.82) is 0 Å². The van der Waals surface area contributed by atoms with Crippen molar-refractivity contribution in [3.8, 4) is 0 Å². The van der Waals surface area contributed by atoms with Crippen LogP contribution in [0.25, 0.3) is 0 Å². The number of nitrogens with two attached hydrogens (primary N) is 1. The van der Waals surface area contributed by atoms with Gasteiger partial charge in [-0.25, -0.2) is 13.2 Å². The number of unbranched alkanes of at least 4 members (excludes halogenated alkanes) is 1. The minimum atomic E-state index is -3.69. The van der Waals surface area contributed by atoms with Gasteiger partial charge in [0.25, 0.3) is 15.6 Å². The van der Waals surface area contributed by atoms with Crippen LogP contribution < -0.4 is 21.9 Å². The van der Waals surface area contributed by atoms with Crippen molar-refractivity contribution in [1.82, 2.24) is 13.9 Å². The van der Waals surface area contributed by atoms with Gasteiger partial charge in [-0.05, 0) is 38.3 Å². The molecule has 12 heteroatoms. The van der Waals surface area contributed by atoms with E-state index in [1.54, 1.807) is 12.1 Å². The molecule has 1 unspecified atom stereocenters. The number of thiophene rings is 1. The Morgan fingerprint density at radius 3 is 2.69 bits per heavy atom. The van der Waals surface area contributed by atoms with E-state index in [0.717, 1.165) is 16.2 Å². The number of carbonyl (C=O) groups is 1. The third kappa shape index (κ3) is 4.66. The summed E-state index contributed by atoms with van der Waals surface area (Å²) in [5.74, 6) is -1.11. The number of nitrogens with one attached hydrogen (secondary N) is 1. The number of piperidine rings is 1. The number of hydrogen-bond acceptors (Lipinski definition) is 7. The number of anilines is 2. The van der Waals surface area contributed by atoms with Gasteiger partial charge < -0.3 is 10.6 Å². The van der Waals surface area contributed by atoms with E-state index < -0.39 is 33.1 Å². The highest BCUT2D eigenvalue weighted by atomic mass is 32.2. The summed E-state index contributed by atoms with van der Waals surface area (Å²) >= 11 is 1.20. The lowest BCUT2D eigenvalue weighted by molar-refractivity contribution is -0.123. The molecule has 2 aromatic heterocycles. The topological polar surface area (TPSA) is 139 Å². The Morgan fingerprint density at radius 2 is 2.06 bits per heavy atom. The van der Waals surface area contributed by atoms with Gasteiger partial charge in [0.15, 0.2) is 5.69 Å². The number of amides is 1. The molecule has 1 saturated heterocycles. The first-order chi connectivity index (χ1) is 15.1. The first-order valence-electron chi connectivity index (χ1n) is 10.5. The summed E-state index contributed by atoms with van der Waals surface area (Å²) in [4.78, 5) is 42.1. The Labute approximate surface area is 190 Å². The average molecular weight is 484 g/mol. The minimum absolute atomic E-state index is 0.0235. The maximum atomic E-state index is 13.2. The number of nitrogens with zero attached hydrogens (tertiary/aromatic N) is 3. The summed E-state index contributed by atoms with van der Waals surface area (Å²) in [6.45, 7) is 4.47. The summed E-state index contributed by atoms with van der Waals surface area (Å²) in [6, 6.07) is 3.33. The molecule has 1 amide bonds. The molecule has 0 spiro atoms. The van der Waals surface area contributed by atoms with Gasteiger partial charge in [0.2, 0.25) is 5.91 Å². The molecule has 32 heavy (non-hydrogen) atoms. The fourth-order valence-corrected chi connectivity index (χ4v) is 6.83. The number of aryl methyl sites for hydroxylation is 1. The van der Waals surface area contributed by atoms with Gasteiger partial charge in [0, 0.05) is 31.6 Å². The summed E-state index contributed by atoms with van der Waals surface area (Å²) in [7, 11) is -2.27. The second-order valence-electron chi connectivity index (χ2n) is 7.96. The molecule has 1 aliphatic rings. The van der Waals surface area contributed by atoms with Gasteiger partial charge in [-0.1, -0.05) is 13.3 Å². The van der Waals surface area contributed by atoms with Gasteiger partial charge in [-0.3, -0.25) is 19.1 Å². The second kappa shape index (κ2) is 9.59. The van der Waals surface area contributed by atoms with E-state index in [4.69, 9.17) is 5.73 Å². The van der Waals surface area contributed by atoms with Gasteiger partial charge >= 0.3 is 5.69 Å². The molecule has 2 aromatic rings. The molecular formula is C20H29N5O5S2. The van der Waals surface area contributed by atoms with Crippen molar-refractivity contribution >= 4 is 38.8 Å². The number of aromatic nitrogens is 2. The lowest BCUT2D eigenvalue weighted by Crippen LogP contribution is -2.47. The van der Waals surface area contributed by atoms with Crippen LogP contribution >= 0.6 is 11.3 Å². The molecule has 1 aliphatic heterocycles. The Morgan fingerprint density at radius 1 is 1.34 bits per heavy atom. The van der Waals surface area contributed by atoms with Crippen LogP contribution in [0.3, 0.4) is 0 Å². The molecule has 0 aliphatic carbocycles. The molecule has 0 saturated carbocycles. The largest absolute Gasteiger partial charge is 0.383 e. The van der Waals surface area contributed by atoms with Gasteiger partial charge in [0.1, 0.15) is 10.0 Å².